The van der Waals surface area contributed by atoms with Gasteiger partial charge in [0.25, 0.3) is 0 Å². The molecule has 7 heteroatoms. The molecule has 0 radical (unpaired) electrons. The molecular weight excluding hydrogens is 330 g/mol. The number of rotatable bonds is 5. The number of benzene rings is 2. The summed E-state index contributed by atoms with van der Waals surface area (Å²) in [6.07, 6.45) is 0. The van der Waals surface area contributed by atoms with Crippen molar-refractivity contribution in [3.05, 3.63) is 65.2 Å². The molecule has 0 saturated carbocycles. The highest BCUT2D eigenvalue weighted by Crippen LogP contribution is 2.08. The minimum absolute atomic E-state index is 0.299. The zero-order chi connectivity index (χ0) is 18.9. The van der Waals surface area contributed by atoms with Crippen LogP contribution in [0.1, 0.15) is 23.6 Å². The van der Waals surface area contributed by atoms with Crippen molar-refractivity contribution in [1.82, 2.24) is 10.6 Å². The number of hydrogen-bond donors (Lipinski definition) is 3. The normalized spacial score (nSPS) is 10.7. The molecule has 0 aliphatic rings. The maximum atomic E-state index is 12.1. The maximum absolute atomic E-state index is 12.1. The quantitative estimate of drug-likeness (QED) is 0.769. The van der Waals surface area contributed by atoms with Crippen LogP contribution in [0.25, 0.3) is 0 Å². The fourth-order valence-electron chi connectivity index (χ4n) is 2.10. The van der Waals surface area contributed by atoms with E-state index in [1.54, 1.807) is 55.5 Å². The highest BCUT2D eigenvalue weighted by Gasteiger charge is 2.15. The number of amides is 3. The van der Waals surface area contributed by atoms with Gasteiger partial charge in [0.15, 0.2) is 0 Å². The van der Waals surface area contributed by atoms with Gasteiger partial charge in [0.2, 0.25) is 5.91 Å². The number of hydrogen-bond acceptors (Lipinski definition) is 4. The van der Waals surface area contributed by atoms with Crippen LogP contribution in [-0.4, -0.2) is 18.0 Å². The van der Waals surface area contributed by atoms with E-state index in [1.807, 2.05) is 12.1 Å². The Kier molecular flexibility index (Phi) is 6.30. The Morgan fingerprint density at radius 2 is 1.50 bits per heavy atom. The third-order valence-corrected chi connectivity index (χ3v) is 3.56. The Hall–Kier alpha value is -3.84. The van der Waals surface area contributed by atoms with Gasteiger partial charge in [-0.25, -0.2) is 4.79 Å². The molecule has 2 aromatic carbocycles. The average molecular weight is 347 g/mol. The summed E-state index contributed by atoms with van der Waals surface area (Å²) in [5.74, 6) is -0.329. The van der Waals surface area contributed by atoms with Crippen molar-refractivity contribution in [3.8, 4) is 12.1 Å². The molecule has 0 bridgehead atoms. The lowest BCUT2D eigenvalue weighted by Gasteiger charge is -2.15. The van der Waals surface area contributed by atoms with Gasteiger partial charge in [-0.3, -0.25) is 4.79 Å². The molecule has 0 aliphatic heterocycles. The van der Waals surface area contributed by atoms with Gasteiger partial charge < -0.3 is 16.0 Å². The molecule has 0 aromatic heterocycles. The molecule has 2 rings (SSSR count). The smallest absolute Gasteiger partial charge is 0.319 e. The van der Waals surface area contributed by atoms with E-state index in [0.717, 1.165) is 5.56 Å². The van der Waals surface area contributed by atoms with E-state index in [0.29, 0.717) is 23.4 Å². The highest BCUT2D eigenvalue weighted by atomic mass is 16.2. The van der Waals surface area contributed by atoms with E-state index in [2.05, 4.69) is 16.0 Å². The molecule has 2 aromatic rings. The van der Waals surface area contributed by atoms with E-state index in [4.69, 9.17) is 10.5 Å². The van der Waals surface area contributed by atoms with E-state index < -0.39 is 12.1 Å². The summed E-state index contributed by atoms with van der Waals surface area (Å²) in [5, 5.41) is 25.4. The van der Waals surface area contributed by atoms with Crippen LogP contribution in [0.5, 0.6) is 0 Å². The van der Waals surface area contributed by atoms with Gasteiger partial charge in [0.1, 0.15) is 6.04 Å². The Labute approximate surface area is 151 Å². The van der Waals surface area contributed by atoms with Gasteiger partial charge in [-0.15, -0.1) is 0 Å². The topological polar surface area (TPSA) is 118 Å². The number of nitriles is 2. The number of nitrogens with one attached hydrogen (secondary N) is 3. The second-order valence-corrected chi connectivity index (χ2v) is 5.54. The van der Waals surface area contributed by atoms with E-state index >= 15 is 0 Å². The van der Waals surface area contributed by atoms with Crippen LogP contribution in [0, 0.1) is 22.7 Å². The van der Waals surface area contributed by atoms with Gasteiger partial charge in [0, 0.05) is 12.2 Å². The Bertz CT molecular complexity index is 861. The third kappa shape index (κ3) is 5.36. The van der Waals surface area contributed by atoms with E-state index in [-0.39, 0.29) is 5.91 Å². The second-order valence-electron chi connectivity index (χ2n) is 5.54. The molecule has 26 heavy (non-hydrogen) atoms. The van der Waals surface area contributed by atoms with Crippen LogP contribution in [-0.2, 0) is 11.3 Å². The van der Waals surface area contributed by atoms with Gasteiger partial charge in [-0.1, -0.05) is 12.1 Å². The number of anilines is 1. The fraction of sp³-hybridized carbons (Fsp3) is 0.158. The van der Waals surface area contributed by atoms with Crippen molar-refractivity contribution in [2.45, 2.75) is 19.5 Å². The predicted octanol–water partition coefficient (Wildman–Crippen LogP) is 2.26. The van der Waals surface area contributed by atoms with Crippen molar-refractivity contribution in [2.24, 2.45) is 0 Å². The highest BCUT2D eigenvalue weighted by molar-refractivity contribution is 5.93. The molecule has 3 amide bonds. The lowest BCUT2D eigenvalue weighted by atomic mass is 10.1. The summed E-state index contributed by atoms with van der Waals surface area (Å²) in [5.41, 5.74) is 2.42. The number of carbonyl (C=O) groups excluding carboxylic acids is 2. The zero-order valence-electron chi connectivity index (χ0n) is 14.1. The first-order chi connectivity index (χ1) is 12.5. The molecule has 3 N–H and O–H groups in total. The molecule has 0 saturated heterocycles. The van der Waals surface area contributed by atoms with Crippen LogP contribution in [0.3, 0.4) is 0 Å². The van der Waals surface area contributed by atoms with Gasteiger partial charge in [-0.2, -0.15) is 10.5 Å². The lowest BCUT2D eigenvalue weighted by Crippen LogP contribution is -2.46. The van der Waals surface area contributed by atoms with Crippen molar-refractivity contribution in [2.75, 3.05) is 5.32 Å². The van der Waals surface area contributed by atoms with Crippen molar-refractivity contribution < 1.29 is 9.59 Å². The van der Waals surface area contributed by atoms with Gasteiger partial charge >= 0.3 is 6.03 Å². The summed E-state index contributed by atoms with van der Waals surface area (Å²) in [6, 6.07) is 16.0. The third-order valence-electron chi connectivity index (χ3n) is 3.56. The lowest BCUT2D eigenvalue weighted by molar-refractivity contribution is -0.122. The number of carbonyl (C=O) groups is 2. The largest absolute Gasteiger partial charge is 0.350 e. The van der Waals surface area contributed by atoms with Crippen LogP contribution in [0.2, 0.25) is 0 Å². The first-order valence-electron chi connectivity index (χ1n) is 7.86. The van der Waals surface area contributed by atoms with Crippen molar-refractivity contribution in [3.63, 3.8) is 0 Å². The first kappa shape index (κ1) is 18.5. The molecule has 130 valence electrons. The van der Waals surface area contributed by atoms with Crippen LogP contribution >= 0.6 is 0 Å². The maximum Gasteiger partial charge on any atom is 0.319 e. The predicted molar refractivity (Wildman–Crippen MR) is 95.8 cm³/mol. The monoisotopic (exact) mass is 347 g/mol. The summed E-state index contributed by atoms with van der Waals surface area (Å²) in [7, 11) is 0. The number of urea groups is 1. The summed E-state index contributed by atoms with van der Waals surface area (Å²) < 4.78 is 0. The molecule has 0 spiro atoms. The standard InChI is InChI=1S/C19H17N5O2/c1-13(18(25)22-12-16-4-2-14(10-20)3-5-16)23-19(26)24-17-8-6-15(11-21)7-9-17/h2-9,13H,12H2,1H3,(H,22,25)(H2,23,24,26). The number of nitrogens with zero attached hydrogens (tertiary/aromatic N) is 2. The van der Waals surface area contributed by atoms with Crippen LogP contribution in [0.4, 0.5) is 10.5 Å². The molecule has 7 nitrogen and oxygen atoms in total. The molecule has 0 aliphatic carbocycles. The fourth-order valence-corrected chi connectivity index (χ4v) is 2.10. The Morgan fingerprint density at radius 1 is 0.962 bits per heavy atom. The Morgan fingerprint density at radius 3 is 2.04 bits per heavy atom. The van der Waals surface area contributed by atoms with Gasteiger partial charge in [-0.05, 0) is 48.9 Å². The van der Waals surface area contributed by atoms with E-state index in [1.165, 1.54) is 0 Å². The second kappa shape index (κ2) is 8.86. The minimum atomic E-state index is -0.730. The molecule has 0 fully saturated rings. The summed E-state index contributed by atoms with van der Waals surface area (Å²) in [6.45, 7) is 1.88. The molecule has 1 atom stereocenters. The van der Waals surface area contributed by atoms with Crippen LogP contribution in [0.15, 0.2) is 48.5 Å². The summed E-state index contributed by atoms with van der Waals surface area (Å²) >= 11 is 0. The average Bonchev–Trinajstić information content (AvgIpc) is 2.66. The molecule has 1 unspecified atom stereocenters. The van der Waals surface area contributed by atoms with Crippen molar-refractivity contribution in [1.29, 1.82) is 10.5 Å². The Balaban J connectivity index is 1.80. The SMILES string of the molecule is CC(NC(=O)Nc1ccc(C#N)cc1)C(=O)NCc1ccc(C#N)cc1. The summed E-state index contributed by atoms with van der Waals surface area (Å²) in [4.78, 5) is 24.0. The minimum Gasteiger partial charge on any atom is -0.350 e. The molecular formula is C19H17N5O2. The van der Waals surface area contributed by atoms with Crippen LogP contribution < -0.4 is 16.0 Å². The van der Waals surface area contributed by atoms with Gasteiger partial charge in [0.05, 0.1) is 23.3 Å². The molecule has 0 heterocycles. The van der Waals surface area contributed by atoms with Crippen molar-refractivity contribution >= 4 is 17.6 Å². The first-order valence-corrected chi connectivity index (χ1v) is 7.86. The van der Waals surface area contributed by atoms with E-state index in [9.17, 15) is 9.59 Å². The zero-order valence-corrected chi connectivity index (χ0v) is 14.1.